The van der Waals surface area contributed by atoms with Crippen molar-refractivity contribution in [2.45, 2.75) is 11.7 Å². The highest BCUT2D eigenvalue weighted by Gasteiger charge is 2.33. The van der Waals surface area contributed by atoms with Crippen LogP contribution in [-0.4, -0.2) is 38.1 Å². The highest BCUT2D eigenvalue weighted by Crippen LogP contribution is 2.33. The Labute approximate surface area is 163 Å². The number of amides is 1. The lowest BCUT2D eigenvalue weighted by molar-refractivity contribution is -0.125. The monoisotopic (exact) mass is 407 g/mol. The van der Waals surface area contributed by atoms with E-state index in [-0.39, 0.29) is 31.2 Å². The van der Waals surface area contributed by atoms with E-state index in [0.717, 1.165) is 0 Å². The molecule has 3 rings (SSSR count). The summed E-state index contributed by atoms with van der Waals surface area (Å²) in [5, 5.41) is -0.329. The molecule has 0 aromatic heterocycles. The summed E-state index contributed by atoms with van der Waals surface area (Å²) in [4.78, 5) is 13.9. The van der Waals surface area contributed by atoms with E-state index >= 15 is 0 Å². The summed E-state index contributed by atoms with van der Waals surface area (Å²) < 4.78 is 39.0. The predicted molar refractivity (Wildman–Crippen MR) is 105 cm³/mol. The van der Waals surface area contributed by atoms with E-state index in [4.69, 9.17) is 11.6 Å². The maximum Gasteiger partial charge on any atom is 0.246 e. The fourth-order valence-electron chi connectivity index (χ4n) is 3.13. The Morgan fingerprint density at radius 3 is 2.56 bits per heavy atom. The number of rotatable bonds is 3. The molecule has 2 aromatic rings. The molecule has 1 aliphatic heterocycles. The predicted octanol–water partition coefficient (Wildman–Crippen LogP) is 3.88. The fraction of sp³-hybridized carbons (Fsp3) is 0.250. The van der Waals surface area contributed by atoms with Crippen LogP contribution in [0.4, 0.5) is 4.39 Å². The average molecular weight is 408 g/mol. The first-order valence-electron chi connectivity index (χ1n) is 8.56. The fourth-order valence-corrected chi connectivity index (χ4v) is 5.27. The van der Waals surface area contributed by atoms with Crippen LogP contribution in [0.3, 0.4) is 0 Å². The van der Waals surface area contributed by atoms with Crippen LogP contribution in [0.1, 0.15) is 22.8 Å². The normalized spacial score (nSPS) is 19.8. The first-order valence-corrected chi connectivity index (χ1v) is 10.7. The molecule has 142 valence electrons. The lowest BCUT2D eigenvalue weighted by atomic mass is 10.1. The molecule has 1 heterocycles. The summed E-state index contributed by atoms with van der Waals surface area (Å²) in [5.74, 6) is -0.894. The molecule has 0 radical (unpaired) electrons. The molecule has 0 N–H and O–H groups in total. The van der Waals surface area contributed by atoms with Gasteiger partial charge in [-0.1, -0.05) is 48.0 Å². The average Bonchev–Trinajstić information content (AvgIpc) is 2.79. The molecule has 27 heavy (non-hydrogen) atoms. The number of hydrogen-bond acceptors (Lipinski definition) is 3. The molecular formula is C20H19ClFNO3S. The minimum atomic E-state index is -3.44. The van der Waals surface area contributed by atoms with Crippen molar-refractivity contribution in [1.29, 1.82) is 0 Å². The molecule has 0 unspecified atom stereocenters. The van der Waals surface area contributed by atoms with Crippen LogP contribution < -0.4 is 0 Å². The number of nitrogens with zero attached hydrogens (tertiary/aromatic N) is 1. The largest absolute Gasteiger partial charge is 0.338 e. The molecule has 0 bridgehead atoms. The summed E-state index contributed by atoms with van der Waals surface area (Å²) in [6.07, 6.45) is 2.95. The van der Waals surface area contributed by atoms with Gasteiger partial charge in [-0.15, -0.1) is 0 Å². The number of benzene rings is 2. The third-order valence-electron chi connectivity index (χ3n) is 4.61. The Bertz CT molecular complexity index is 975. The van der Waals surface area contributed by atoms with Crippen molar-refractivity contribution >= 4 is 33.4 Å². The van der Waals surface area contributed by atoms with E-state index in [9.17, 15) is 17.6 Å². The number of hydrogen-bond donors (Lipinski definition) is 0. The van der Waals surface area contributed by atoms with Crippen LogP contribution in [-0.2, 0) is 14.6 Å². The van der Waals surface area contributed by atoms with Crippen molar-refractivity contribution in [3.05, 3.63) is 76.6 Å². The van der Waals surface area contributed by atoms with Gasteiger partial charge in [-0.25, -0.2) is 12.8 Å². The van der Waals surface area contributed by atoms with E-state index in [1.165, 1.54) is 23.1 Å². The summed E-state index contributed by atoms with van der Waals surface area (Å²) in [6, 6.07) is 13.0. The second-order valence-corrected chi connectivity index (χ2v) is 9.06. The molecule has 0 aliphatic carbocycles. The first kappa shape index (κ1) is 19.6. The van der Waals surface area contributed by atoms with Crippen molar-refractivity contribution in [1.82, 2.24) is 4.90 Å². The Morgan fingerprint density at radius 2 is 1.81 bits per heavy atom. The van der Waals surface area contributed by atoms with Crippen LogP contribution in [0.2, 0.25) is 5.02 Å². The third-order valence-corrected chi connectivity index (χ3v) is 7.07. The van der Waals surface area contributed by atoms with Crippen LogP contribution in [0.25, 0.3) is 6.08 Å². The van der Waals surface area contributed by atoms with Crippen molar-refractivity contribution in [2.75, 3.05) is 18.8 Å². The highest BCUT2D eigenvalue weighted by atomic mass is 35.5. The molecule has 0 spiro atoms. The third kappa shape index (κ3) is 4.57. The molecule has 0 saturated carbocycles. The van der Waals surface area contributed by atoms with E-state index in [0.29, 0.717) is 16.1 Å². The van der Waals surface area contributed by atoms with Gasteiger partial charge in [0.25, 0.3) is 0 Å². The Hall–Kier alpha value is -2.18. The molecule has 1 aliphatic rings. The van der Waals surface area contributed by atoms with E-state index in [1.807, 2.05) is 0 Å². The zero-order valence-electron chi connectivity index (χ0n) is 14.5. The maximum absolute atomic E-state index is 13.7. The second kappa shape index (κ2) is 8.23. The molecule has 7 heteroatoms. The van der Waals surface area contributed by atoms with E-state index in [1.54, 1.807) is 42.5 Å². The molecule has 1 atom stereocenters. The van der Waals surface area contributed by atoms with Crippen molar-refractivity contribution < 1.29 is 17.6 Å². The van der Waals surface area contributed by atoms with Gasteiger partial charge < -0.3 is 4.90 Å². The molecular weight excluding hydrogens is 389 g/mol. The van der Waals surface area contributed by atoms with Crippen molar-refractivity contribution in [2.24, 2.45) is 0 Å². The van der Waals surface area contributed by atoms with Gasteiger partial charge in [0.1, 0.15) is 5.82 Å². The van der Waals surface area contributed by atoms with Crippen LogP contribution in [0.15, 0.2) is 54.6 Å². The van der Waals surface area contributed by atoms with Crippen molar-refractivity contribution in [3.8, 4) is 0 Å². The Morgan fingerprint density at radius 1 is 1.11 bits per heavy atom. The first-order chi connectivity index (χ1) is 12.9. The summed E-state index contributed by atoms with van der Waals surface area (Å²) in [5.41, 5.74) is 0.873. The topological polar surface area (TPSA) is 54.5 Å². The van der Waals surface area contributed by atoms with Gasteiger partial charge in [-0.05, 0) is 30.2 Å². The summed E-state index contributed by atoms with van der Waals surface area (Å²) in [6.45, 7) is 0.388. The number of carbonyl (C=O) groups is 1. The van der Waals surface area contributed by atoms with Gasteiger partial charge in [0, 0.05) is 29.8 Å². The van der Waals surface area contributed by atoms with Gasteiger partial charge in [0.05, 0.1) is 11.0 Å². The lowest BCUT2D eigenvalue weighted by Gasteiger charge is -2.18. The smallest absolute Gasteiger partial charge is 0.246 e. The van der Waals surface area contributed by atoms with Crippen molar-refractivity contribution in [3.63, 3.8) is 0 Å². The molecule has 2 aromatic carbocycles. The molecule has 1 fully saturated rings. The van der Waals surface area contributed by atoms with Gasteiger partial charge in [0.2, 0.25) is 5.91 Å². The summed E-state index contributed by atoms with van der Waals surface area (Å²) >= 11 is 6.18. The van der Waals surface area contributed by atoms with Crippen LogP contribution in [0, 0.1) is 5.82 Å². The lowest BCUT2D eigenvalue weighted by Crippen LogP contribution is -2.32. The zero-order valence-corrected chi connectivity index (χ0v) is 16.1. The SMILES string of the molecule is O=C(/C=C/c1ccccc1F)N1CC[C@@H](c2ccccc2Cl)S(=O)(=O)CC1. The van der Waals surface area contributed by atoms with Gasteiger partial charge in [0.15, 0.2) is 9.84 Å². The number of halogens is 2. The number of sulfone groups is 1. The molecule has 4 nitrogen and oxygen atoms in total. The molecule has 1 saturated heterocycles. The van der Waals surface area contributed by atoms with Gasteiger partial charge in [-0.3, -0.25) is 4.79 Å². The Balaban J connectivity index is 1.76. The minimum Gasteiger partial charge on any atom is -0.338 e. The highest BCUT2D eigenvalue weighted by molar-refractivity contribution is 7.91. The Kier molecular flexibility index (Phi) is 5.97. The maximum atomic E-state index is 13.7. The van der Waals surface area contributed by atoms with E-state index in [2.05, 4.69) is 0 Å². The van der Waals surface area contributed by atoms with Gasteiger partial charge >= 0.3 is 0 Å². The van der Waals surface area contributed by atoms with E-state index < -0.39 is 20.9 Å². The second-order valence-electron chi connectivity index (χ2n) is 6.35. The van der Waals surface area contributed by atoms with Crippen LogP contribution >= 0.6 is 11.6 Å². The molecule has 1 amide bonds. The minimum absolute atomic E-state index is 0.101. The van der Waals surface area contributed by atoms with Gasteiger partial charge in [-0.2, -0.15) is 0 Å². The zero-order chi connectivity index (χ0) is 19.4. The standard InChI is InChI=1S/C20H19ClFNO3S/c21-17-7-3-2-6-16(17)19-11-12-23(13-14-27(19,25)26)20(24)10-9-15-5-1-4-8-18(15)22/h1-10,19H,11-14H2/b10-9+/t19-/m0/s1. The quantitative estimate of drug-likeness (QED) is 0.725. The summed E-state index contributed by atoms with van der Waals surface area (Å²) in [7, 11) is -3.44. The van der Waals surface area contributed by atoms with Crippen LogP contribution in [0.5, 0.6) is 0 Å². The number of carbonyl (C=O) groups excluding carboxylic acids is 1.